The monoisotopic (exact) mass is 339 g/mol. The number of allylic oxidation sites excluding steroid dienone is 3. The molecule has 6 heteroatoms. The van der Waals surface area contributed by atoms with E-state index in [4.69, 9.17) is 4.74 Å². The van der Waals surface area contributed by atoms with Crippen LogP contribution in [0.1, 0.15) is 18.4 Å². The molecule has 1 aromatic rings. The van der Waals surface area contributed by atoms with Gasteiger partial charge in [-0.25, -0.2) is 0 Å². The first-order valence-corrected chi connectivity index (χ1v) is 7.76. The average Bonchev–Trinajstić information content (AvgIpc) is 2.58. The topological polar surface area (TPSA) is 38.3 Å². The second-order valence-corrected chi connectivity index (χ2v) is 5.65. The van der Waals surface area contributed by atoms with Gasteiger partial charge < -0.3 is 10.1 Å². The van der Waals surface area contributed by atoms with Gasteiger partial charge in [-0.15, -0.1) is 0 Å². The van der Waals surface area contributed by atoms with Crippen molar-refractivity contribution in [2.45, 2.75) is 25.1 Å². The van der Waals surface area contributed by atoms with Crippen molar-refractivity contribution in [3.63, 3.8) is 0 Å². The molecule has 1 aliphatic rings. The Morgan fingerprint density at radius 3 is 2.54 bits per heavy atom. The summed E-state index contributed by atoms with van der Waals surface area (Å²) in [5.74, 6) is 0.479. The third-order valence-electron chi connectivity index (χ3n) is 3.92. The van der Waals surface area contributed by atoms with Gasteiger partial charge in [-0.05, 0) is 50.7 Å². The minimum Gasteiger partial charge on any atom is -0.490 e. The maximum atomic E-state index is 12.6. The second-order valence-electron chi connectivity index (χ2n) is 5.65. The zero-order valence-corrected chi connectivity index (χ0v) is 13.3. The van der Waals surface area contributed by atoms with Crippen LogP contribution in [-0.4, -0.2) is 26.0 Å². The van der Waals surface area contributed by atoms with Crippen molar-refractivity contribution >= 4 is 6.29 Å². The van der Waals surface area contributed by atoms with E-state index in [2.05, 4.69) is 5.32 Å². The van der Waals surface area contributed by atoms with Crippen LogP contribution in [0.5, 0.6) is 5.75 Å². The van der Waals surface area contributed by atoms with Crippen LogP contribution >= 0.6 is 0 Å². The number of carbonyl (C=O) groups excluding carboxylic acids is 1. The summed E-state index contributed by atoms with van der Waals surface area (Å²) in [6.07, 6.45) is 3.15. The van der Waals surface area contributed by atoms with Crippen molar-refractivity contribution < 1.29 is 22.7 Å². The summed E-state index contributed by atoms with van der Waals surface area (Å²) in [5.41, 5.74) is -0.0640. The summed E-state index contributed by atoms with van der Waals surface area (Å²) < 4.78 is 43.8. The van der Waals surface area contributed by atoms with E-state index in [0.29, 0.717) is 24.2 Å². The minimum absolute atomic E-state index is 0.0735. The highest BCUT2D eigenvalue weighted by molar-refractivity contribution is 5.77. The van der Waals surface area contributed by atoms with E-state index in [9.17, 15) is 18.0 Å². The van der Waals surface area contributed by atoms with Crippen molar-refractivity contribution in [2.24, 2.45) is 5.92 Å². The molecule has 0 saturated carbocycles. The van der Waals surface area contributed by atoms with Gasteiger partial charge in [-0.2, -0.15) is 13.2 Å². The smallest absolute Gasteiger partial charge is 0.416 e. The Balaban J connectivity index is 2.07. The van der Waals surface area contributed by atoms with Gasteiger partial charge in [0.05, 0.1) is 5.56 Å². The molecule has 1 aromatic carbocycles. The van der Waals surface area contributed by atoms with Crippen LogP contribution in [0.2, 0.25) is 0 Å². The first-order valence-electron chi connectivity index (χ1n) is 7.76. The van der Waals surface area contributed by atoms with Crippen molar-refractivity contribution in [3.05, 3.63) is 53.6 Å². The van der Waals surface area contributed by atoms with E-state index < -0.39 is 11.7 Å². The van der Waals surface area contributed by atoms with E-state index in [0.717, 1.165) is 25.0 Å². The van der Waals surface area contributed by atoms with Crippen LogP contribution in [0, 0.1) is 5.92 Å². The van der Waals surface area contributed by atoms with Crippen LogP contribution in [-0.2, 0) is 11.0 Å². The van der Waals surface area contributed by atoms with Crippen LogP contribution < -0.4 is 10.1 Å². The summed E-state index contributed by atoms with van der Waals surface area (Å²) in [7, 11) is 1.83. The van der Waals surface area contributed by atoms with E-state index in [1.165, 1.54) is 12.1 Å². The molecule has 1 N–H and O–H groups in total. The van der Waals surface area contributed by atoms with E-state index in [1.807, 2.05) is 19.2 Å². The fraction of sp³-hybridized carbons (Fsp3) is 0.389. The number of hydrogen-bond acceptors (Lipinski definition) is 3. The Morgan fingerprint density at radius 1 is 1.33 bits per heavy atom. The number of hydrogen-bond donors (Lipinski definition) is 1. The number of benzene rings is 1. The number of nitrogens with one attached hydrogen (secondary N) is 1. The molecule has 0 aromatic heterocycles. The van der Waals surface area contributed by atoms with Crippen molar-refractivity contribution in [1.82, 2.24) is 5.32 Å². The van der Waals surface area contributed by atoms with Crippen molar-refractivity contribution in [1.29, 1.82) is 0 Å². The van der Waals surface area contributed by atoms with Gasteiger partial charge in [0.15, 0.2) is 0 Å². The third kappa shape index (κ3) is 4.96. The summed E-state index contributed by atoms with van der Waals surface area (Å²) in [4.78, 5) is 10.8. The summed E-state index contributed by atoms with van der Waals surface area (Å²) in [6, 6.07) is 4.72. The highest BCUT2D eigenvalue weighted by atomic mass is 19.4. The molecule has 2 unspecified atom stereocenters. The summed E-state index contributed by atoms with van der Waals surface area (Å²) in [6.45, 7) is 0.722. The standard InChI is InChI=1S/C18H20F3NO2/c1-22-11-10-17(14-4-2-13(12-23)3-5-14)24-16-8-6-15(7-9-16)18(19,20)21/h2-4,6-9,12,14,17,22H,5,10-11H2,1H3. The molecule has 0 spiro atoms. The zero-order chi connectivity index (χ0) is 17.6. The molecule has 2 atom stereocenters. The van der Waals surface area contributed by atoms with Gasteiger partial charge in [-0.1, -0.05) is 18.2 Å². The number of halogens is 3. The van der Waals surface area contributed by atoms with Gasteiger partial charge in [0, 0.05) is 11.5 Å². The van der Waals surface area contributed by atoms with E-state index in [-0.39, 0.29) is 12.0 Å². The maximum Gasteiger partial charge on any atom is 0.416 e. The summed E-state index contributed by atoms with van der Waals surface area (Å²) in [5, 5.41) is 3.05. The minimum atomic E-state index is -4.35. The van der Waals surface area contributed by atoms with Crippen LogP contribution in [0.4, 0.5) is 13.2 Å². The van der Waals surface area contributed by atoms with Gasteiger partial charge in [0.1, 0.15) is 18.1 Å². The number of aldehydes is 1. The Morgan fingerprint density at radius 2 is 2.04 bits per heavy atom. The van der Waals surface area contributed by atoms with Gasteiger partial charge in [0.25, 0.3) is 0 Å². The second kappa shape index (κ2) is 8.15. The van der Waals surface area contributed by atoms with Crippen molar-refractivity contribution in [3.8, 4) is 5.75 Å². The fourth-order valence-corrected chi connectivity index (χ4v) is 2.56. The SMILES string of the molecule is CNCCC(Oc1ccc(C(F)(F)F)cc1)C1C=CC(C=O)=CC1. The lowest BCUT2D eigenvalue weighted by molar-refractivity contribution is -0.137. The zero-order valence-electron chi connectivity index (χ0n) is 13.3. The van der Waals surface area contributed by atoms with Crippen molar-refractivity contribution in [2.75, 3.05) is 13.6 Å². The number of carbonyl (C=O) groups is 1. The fourth-order valence-electron chi connectivity index (χ4n) is 2.56. The molecule has 3 nitrogen and oxygen atoms in total. The third-order valence-corrected chi connectivity index (χ3v) is 3.92. The lowest BCUT2D eigenvalue weighted by Gasteiger charge is -2.27. The first kappa shape index (κ1) is 18.3. The van der Waals surface area contributed by atoms with Crippen LogP contribution in [0.25, 0.3) is 0 Å². The molecule has 0 aliphatic heterocycles. The molecule has 24 heavy (non-hydrogen) atoms. The average molecular weight is 339 g/mol. The van der Waals surface area contributed by atoms with Gasteiger partial charge in [-0.3, -0.25) is 4.79 Å². The molecule has 2 rings (SSSR count). The van der Waals surface area contributed by atoms with Crippen LogP contribution in [0.15, 0.2) is 48.1 Å². The molecule has 1 aliphatic carbocycles. The number of ether oxygens (including phenoxy) is 1. The lowest BCUT2D eigenvalue weighted by Crippen LogP contribution is -2.30. The Bertz CT molecular complexity index is 606. The largest absolute Gasteiger partial charge is 0.490 e. The first-order chi connectivity index (χ1) is 11.4. The van der Waals surface area contributed by atoms with Gasteiger partial charge >= 0.3 is 6.18 Å². The Hall–Kier alpha value is -2.08. The Kier molecular flexibility index (Phi) is 6.20. The van der Waals surface area contributed by atoms with Crippen LogP contribution in [0.3, 0.4) is 0 Å². The quantitative estimate of drug-likeness (QED) is 0.769. The van der Waals surface area contributed by atoms with Gasteiger partial charge in [0.2, 0.25) is 0 Å². The molecule has 0 saturated heterocycles. The molecular weight excluding hydrogens is 319 g/mol. The molecule has 0 heterocycles. The predicted molar refractivity (Wildman–Crippen MR) is 85.8 cm³/mol. The molecule has 0 bridgehead atoms. The molecular formula is C18H20F3NO2. The maximum absolute atomic E-state index is 12.6. The highest BCUT2D eigenvalue weighted by Gasteiger charge is 2.30. The number of alkyl halides is 3. The predicted octanol–water partition coefficient (Wildman–Crippen LogP) is 3.76. The molecule has 130 valence electrons. The van der Waals surface area contributed by atoms with E-state index >= 15 is 0 Å². The Labute approximate surface area is 139 Å². The highest BCUT2D eigenvalue weighted by Crippen LogP contribution is 2.31. The lowest BCUT2D eigenvalue weighted by atomic mass is 9.90. The molecule has 0 amide bonds. The molecule has 0 fully saturated rings. The normalized spacial score (nSPS) is 18.8. The number of rotatable bonds is 7. The van der Waals surface area contributed by atoms with E-state index in [1.54, 1.807) is 6.08 Å². The summed E-state index contributed by atoms with van der Waals surface area (Å²) >= 11 is 0. The molecule has 0 radical (unpaired) electrons.